The van der Waals surface area contributed by atoms with Gasteiger partial charge in [0, 0.05) is 17.3 Å². The van der Waals surface area contributed by atoms with Gasteiger partial charge in [0.2, 0.25) is 0 Å². The molecule has 1 N–H and O–H groups in total. The van der Waals surface area contributed by atoms with Crippen LogP contribution in [0.4, 0.5) is 10.2 Å². The van der Waals surface area contributed by atoms with Crippen LogP contribution in [0.1, 0.15) is 16.1 Å². The number of aryl methyl sites for hydroxylation is 1. The number of rotatable bonds is 5. The molecule has 0 saturated heterocycles. The molecular formula is C30H20FN7O2. The first-order valence-electron chi connectivity index (χ1n) is 12.5. The van der Waals surface area contributed by atoms with Crippen molar-refractivity contribution in [3.8, 4) is 33.9 Å². The van der Waals surface area contributed by atoms with Crippen LogP contribution >= 0.6 is 0 Å². The molecule has 0 fully saturated rings. The van der Waals surface area contributed by atoms with Crippen LogP contribution < -0.4 is 5.32 Å². The third kappa shape index (κ3) is 3.99. The number of pyridine rings is 1. The maximum absolute atomic E-state index is 13.6. The van der Waals surface area contributed by atoms with Crippen molar-refractivity contribution in [2.75, 3.05) is 5.32 Å². The quantitative estimate of drug-likeness (QED) is 0.291. The van der Waals surface area contributed by atoms with Crippen molar-refractivity contribution >= 4 is 23.0 Å². The van der Waals surface area contributed by atoms with Crippen molar-refractivity contribution in [3.05, 3.63) is 114 Å². The Kier molecular flexibility index (Phi) is 5.45. The van der Waals surface area contributed by atoms with Crippen molar-refractivity contribution in [1.29, 1.82) is 0 Å². The number of imidazole rings is 2. The van der Waals surface area contributed by atoms with E-state index in [1.54, 1.807) is 29.8 Å². The molecule has 10 heteroatoms. The summed E-state index contributed by atoms with van der Waals surface area (Å²) in [6.07, 6.45) is 3.55. The summed E-state index contributed by atoms with van der Waals surface area (Å²) in [6.45, 7) is 1.69. The Balaban J connectivity index is 1.26. The summed E-state index contributed by atoms with van der Waals surface area (Å²) in [7, 11) is 0. The summed E-state index contributed by atoms with van der Waals surface area (Å²) < 4.78 is 22.5. The number of carbonyl (C=O) groups is 1. The minimum Gasteiger partial charge on any atom is -0.360 e. The largest absolute Gasteiger partial charge is 0.360 e. The van der Waals surface area contributed by atoms with E-state index in [0.29, 0.717) is 39.9 Å². The van der Waals surface area contributed by atoms with Crippen molar-refractivity contribution in [3.63, 3.8) is 0 Å². The Morgan fingerprint density at radius 1 is 0.850 bits per heavy atom. The third-order valence-corrected chi connectivity index (χ3v) is 6.59. The van der Waals surface area contributed by atoms with E-state index < -0.39 is 0 Å². The maximum atomic E-state index is 13.6. The van der Waals surface area contributed by atoms with Gasteiger partial charge in [-0.1, -0.05) is 41.6 Å². The molecule has 5 aromatic heterocycles. The summed E-state index contributed by atoms with van der Waals surface area (Å²) in [5, 5.41) is 11.7. The van der Waals surface area contributed by atoms with Gasteiger partial charge in [0.15, 0.2) is 11.5 Å². The lowest BCUT2D eigenvalue weighted by atomic mass is 10.1. The van der Waals surface area contributed by atoms with Gasteiger partial charge in [0.05, 0.1) is 11.9 Å². The van der Waals surface area contributed by atoms with Crippen LogP contribution in [0.2, 0.25) is 0 Å². The first-order valence-corrected chi connectivity index (χ1v) is 12.5. The van der Waals surface area contributed by atoms with E-state index in [4.69, 9.17) is 14.6 Å². The number of hydrogen-bond acceptors (Lipinski definition) is 6. The zero-order valence-electron chi connectivity index (χ0n) is 21.1. The Labute approximate surface area is 226 Å². The average molecular weight is 530 g/mol. The number of halogens is 1. The normalized spacial score (nSPS) is 11.3. The second-order valence-corrected chi connectivity index (χ2v) is 9.17. The highest BCUT2D eigenvalue weighted by Crippen LogP contribution is 2.32. The zero-order valence-corrected chi connectivity index (χ0v) is 21.1. The van der Waals surface area contributed by atoms with E-state index in [1.165, 1.54) is 12.1 Å². The molecule has 194 valence electrons. The standard InChI is InChI=1S/C30H20FN7O2/c1-18-26(27(36-40-18)19-7-3-2-4-8-19)30(39)33-23-17-38-25(32-23)15-14-22(35-38)29-28(20-10-12-21(31)13-11-20)34-24-9-5-6-16-37(24)29/h2-17H,1H3,(H,33,39). The Morgan fingerprint density at radius 2 is 1.62 bits per heavy atom. The van der Waals surface area contributed by atoms with Gasteiger partial charge in [0.1, 0.15) is 39.9 Å². The van der Waals surface area contributed by atoms with Gasteiger partial charge >= 0.3 is 0 Å². The highest BCUT2D eigenvalue weighted by atomic mass is 19.1. The summed E-state index contributed by atoms with van der Waals surface area (Å²) in [4.78, 5) is 22.6. The lowest BCUT2D eigenvalue weighted by Gasteiger charge is -2.05. The number of benzene rings is 2. The average Bonchev–Trinajstić information content (AvgIpc) is 3.67. The molecule has 7 rings (SSSR count). The van der Waals surface area contributed by atoms with E-state index in [0.717, 1.165) is 22.5 Å². The molecule has 0 aliphatic heterocycles. The van der Waals surface area contributed by atoms with Crippen LogP contribution in [-0.2, 0) is 0 Å². The molecule has 2 aromatic carbocycles. The molecular weight excluding hydrogens is 509 g/mol. The van der Waals surface area contributed by atoms with Crippen LogP contribution in [0.25, 0.3) is 45.2 Å². The number of aromatic nitrogens is 6. The predicted molar refractivity (Wildman–Crippen MR) is 147 cm³/mol. The van der Waals surface area contributed by atoms with Gasteiger partial charge in [-0.2, -0.15) is 5.10 Å². The Bertz CT molecular complexity index is 2020. The van der Waals surface area contributed by atoms with E-state index in [9.17, 15) is 9.18 Å². The monoisotopic (exact) mass is 529 g/mol. The summed E-state index contributed by atoms with van der Waals surface area (Å²) >= 11 is 0. The van der Waals surface area contributed by atoms with Gasteiger partial charge in [-0.15, -0.1) is 0 Å². The fourth-order valence-electron chi connectivity index (χ4n) is 4.73. The molecule has 0 spiro atoms. The predicted octanol–water partition coefficient (Wildman–Crippen LogP) is 6.07. The first-order chi connectivity index (χ1) is 19.5. The lowest BCUT2D eigenvalue weighted by molar-refractivity contribution is 0.102. The molecule has 0 unspecified atom stereocenters. The van der Waals surface area contributed by atoms with Crippen LogP contribution in [0, 0.1) is 12.7 Å². The molecule has 0 saturated carbocycles. The second kappa shape index (κ2) is 9.28. The smallest absolute Gasteiger partial charge is 0.262 e. The number of nitrogens with zero attached hydrogens (tertiary/aromatic N) is 6. The van der Waals surface area contributed by atoms with Gasteiger partial charge in [-0.05, 0) is 55.5 Å². The molecule has 1 amide bonds. The number of amides is 1. The minimum atomic E-state index is -0.387. The fourth-order valence-corrected chi connectivity index (χ4v) is 4.73. The zero-order chi connectivity index (χ0) is 27.2. The van der Waals surface area contributed by atoms with Gasteiger partial charge in [-0.25, -0.2) is 18.9 Å². The topological polar surface area (TPSA) is 103 Å². The minimum absolute atomic E-state index is 0.320. The third-order valence-electron chi connectivity index (χ3n) is 6.59. The van der Waals surface area contributed by atoms with Gasteiger partial charge < -0.3 is 9.84 Å². The number of hydrogen-bond donors (Lipinski definition) is 1. The van der Waals surface area contributed by atoms with Crippen molar-refractivity contribution < 1.29 is 13.7 Å². The molecule has 5 heterocycles. The number of fused-ring (bicyclic) bond motifs is 2. The summed E-state index contributed by atoms with van der Waals surface area (Å²) in [6, 6.07) is 24.9. The van der Waals surface area contributed by atoms with E-state index in [2.05, 4.69) is 15.5 Å². The number of anilines is 1. The summed E-state index contributed by atoms with van der Waals surface area (Å²) in [5.41, 5.74) is 5.65. The maximum Gasteiger partial charge on any atom is 0.262 e. The van der Waals surface area contributed by atoms with Crippen LogP contribution in [-0.4, -0.2) is 35.0 Å². The molecule has 40 heavy (non-hydrogen) atoms. The van der Waals surface area contributed by atoms with E-state index in [-0.39, 0.29) is 11.7 Å². The fraction of sp³-hybridized carbons (Fsp3) is 0.0333. The Morgan fingerprint density at radius 3 is 2.45 bits per heavy atom. The lowest BCUT2D eigenvalue weighted by Crippen LogP contribution is -2.13. The molecule has 0 radical (unpaired) electrons. The molecule has 7 aromatic rings. The highest BCUT2D eigenvalue weighted by molar-refractivity contribution is 6.08. The van der Waals surface area contributed by atoms with Crippen LogP contribution in [0.5, 0.6) is 0 Å². The number of carbonyl (C=O) groups excluding carboxylic acids is 1. The van der Waals surface area contributed by atoms with E-state index in [1.807, 2.05) is 71.3 Å². The molecule has 0 aliphatic carbocycles. The Hall–Kier alpha value is -5.64. The highest BCUT2D eigenvalue weighted by Gasteiger charge is 2.23. The SMILES string of the molecule is Cc1onc(-c2ccccc2)c1C(=O)Nc1cn2nc(-c3c(-c4ccc(F)cc4)nc4ccccn34)ccc2n1. The van der Waals surface area contributed by atoms with Crippen molar-refractivity contribution in [1.82, 2.24) is 29.1 Å². The molecule has 9 nitrogen and oxygen atoms in total. The van der Waals surface area contributed by atoms with Crippen molar-refractivity contribution in [2.45, 2.75) is 6.92 Å². The van der Waals surface area contributed by atoms with Crippen molar-refractivity contribution in [2.24, 2.45) is 0 Å². The van der Waals surface area contributed by atoms with Crippen LogP contribution in [0.3, 0.4) is 0 Å². The van der Waals surface area contributed by atoms with Gasteiger partial charge in [-0.3, -0.25) is 9.20 Å². The second-order valence-electron chi connectivity index (χ2n) is 9.17. The molecule has 0 aliphatic rings. The first kappa shape index (κ1) is 23.5. The summed E-state index contributed by atoms with van der Waals surface area (Å²) in [5.74, 6) is 0.0214. The molecule has 0 atom stereocenters. The van der Waals surface area contributed by atoms with Crippen LogP contribution in [0.15, 0.2) is 102 Å². The van der Waals surface area contributed by atoms with E-state index >= 15 is 0 Å². The molecule has 0 bridgehead atoms. The van der Waals surface area contributed by atoms with Gasteiger partial charge in [0.25, 0.3) is 5.91 Å². The number of nitrogens with one attached hydrogen (secondary N) is 1.